The maximum atomic E-state index is 13.9. The predicted molar refractivity (Wildman–Crippen MR) is 140 cm³/mol. The number of nitrogens with zero attached hydrogens (tertiary/aromatic N) is 6. The van der Waals surface area contributed by atoms with E-state index in [2.05, 4.69) is 16.9 Å². The lowest BCUT2D eigenvalue weighted by molar-refractivity contribution is 0.0570. The highest BCUT2D eigenvalue weighted by Crippen LogP contribution is 2.39. The quantitative estimate of drug-likeness (QED) is 0.454. The monoisotopic (exact) mass is 538 g/mol. The summed E-state index contributed by atoms with van der Waals surface area (Å²) in [6, 6.07) is 4.59. The minimum Gasteiger partial charge on any atom is -0.331 e. The maximum Gasteiger partial charge on any atom is 0.273 e. The number of hydrogen-bond acceptors (Lipinski definition) is 5. The van der Waals surface area contributed by atoms with Gasteiger partial charge in [0.15, 0.2) is 0 Å². The highest BCUT2D eigenvalue weighted by Gasteiger charge is 2.41. The smallest absolute Gasteiger partial charge is 0.273 e. The molecule has 3 atom stereocenters. The van der Waals surface area contributed by atoms with Gasteiger partial charge < -0.3 is 9.80 Å². The number of carbonyl (C=O) groups is 2. The number of benzene rings is 1. The molecule has 10 heteroatoms. The standard InChI is InChI=1S/C27H28Cl2N6O2/c1-14-8-22-19(13-33(14)26(36)18-6-7-20(28)21(29)9-18)25-27(37)34(12-15(2)35(25)32-22)16(3)23-10-31-24(11-30-23)17-4-5-17/h6-7,9-11,14-17H,4-5,8,12-13H2,1-3H3/t14-,15-,16+/m1/s1. The Morgan fingerprint density at radius 3 is 2.54 bits per heavy atom. The highest BCUT2D eigenvalue weighted by molar-refractivity contribution is 6.42. The molecule has 2 amide bonds. The second-order valence-corrected chi connectivity index (χ2v) is 11.3. The van der Waals surface area contributed by atoms with E-state index in [0.29, 0.717) is 46.7 Å². The van der Waals surface area contributed by atoms with E-state index < -0.39 is 0 Å². The molecule has 0 unspecified atom stereocenters. The molecule has 8 nitrogen and oxygen atoms in total. The number of halogens is 2. The molecule has 0 radical (unpaired) electrons. The van der Waals surface area contributed by atoms with Crippen LogP contribution in [0.5, 0.6) is 0 Å². The first-order valence-electron chi connectivity index (χ1n) is 12.7. The van der Waals surface area contributed by atoms with Gasteiger partial charge in [0.1, 0.15) is 5.69 Å². The number of fused-ring (bicyclic) bond motifs is 3. The summed E-state index contributed by atoms with van der Waals surface area (Å²) in [5.74, 6) is 0.291. The summed E-state index contributed by atoms with van der Waals surface area (Å²) in [6.07, 6.45) is 6.57. The van der Waals surface area contributed by atoms with Crippen molar-refractivity contribution in [3.05, 3.63) is 74.5 Å². The lowest BCUT2D eigenvalue weighted by atomic mass is 9.97. The van der Waals surface area contributed by atoms with E-state index in [1.165, 1.54) is 12.8 Å². The van der Waals surface area contributed by atoms with Gasteiger partial charge in [-0.3, -0.25) is 24.2 Å². The number of rotatable bonds is 4. The van der Waals surface area contributed by atoms with Gasteiger partial charge in [-0.15, -0.1) is 0 Å². The van der Waals surface area contributed by atoms with E-state index in [1.54, 1.807) is 29.3 Å². The van der Waals surface area contributed by atoms with E-state index in [9.17, 15) is 9.59 Å². The average Bonchev–Trinajstić information content (AvgIpc) is 3.67. The average molecular weight is 539 g/mol. The molecule has 6 rings (SSSR count). The van der Waals surface area contributed by atoms with Gasteiger partial charge in [-0.05, 0) is 51.8 Å². The first-order valence-corrected chi connectivity index (χ1v) is 13.5. The summed E-state index contributed by atoms with van der Waals surface area (Å²) < 4.78 is 1.85. The fourth-order valence-corrected chi connectivity index (χ4v) is 5.70. The van der Waals surface area contributed by atoms with Gasteiger partial charge in [0.25, 0.3) is 11.8 Å². The van der Waals surface area contributed by atoms with Crippen LogP contribution >= 0.6 is 23.2 Å². The van der Waals surface area contributed by atoms with Gasteiger partial charge in [-0.2, -0.15) is 5.10 Å². The molecule has 3 aliphatic rings. The summed E-state index contributed by atoms with van der Waals surface area (Å²) in [7, 11) is 0. The van der Waals surface area contributed by atoms with Gasteiger partial charge in [0.05, 0.1) is 52.0 Å². The maximum absolute atomic E-state index is 13.9. The molecular formula is C27H28Cl2N6O2. The Morgan fingerprint density at radius 2 is 1.86 bits per heavy atom. The van der Waals surface area contributed by atoms with Crippen LogP contribution in [-0.2, 0) is 13.0 Å². The zero-order chi connectivity index (χ0) is 26.0. The lowest BCUT2D eigenvalue weighted by Crippen LogP contribution is -2.45. The van der Waals surface area contributed by atoms with Crippen LogP contribution in [0.1, 0.15) is 95.1 Å². The fraction of sp³-hybridized carbons (Fsp3) is 0.444. The van der Waals surface area contributed by atoms with Crippen molar-refractivity contribution in [2.24, 2.45) is 0 Å². The van der Waals surface area contributed by atoms with Crippen molar-refractivity contribution < 1.29 is 9.59 Å². The second kappa shape index (κ2) is 9.10. The summed E-state index contributed by atoms with van der Waals surface area (Å²) >= 11 is 12.2. The van der Waals surface area contributed by atoms with Crippen molar-refractivity contribution in [3.63, 3.8) is 0 Å². The molecule has 1 aliphatic carbocycles. The Hall–Kier alpha value is -2.97. The van der Waals surface area contributed by atoms with Gasteiger partial charge in [0, 0.05) is 42.2 Å². The Labute approximate surface area is 225 Å². The van der Waals surface area contributed by atoms with Crippen LogP contribution in [0.25, 0.3) is 0 Å². The molecule has 3 aromatic rings. The third-order valence-corrected chi connectivity index (χ3v) is 8.53. The second-order valence-electron chi connectivity index (χ2n) is 10.5. The molecule has 1 saturated carbocycles. The van der Waals surface area contributed by atoms with E-state index in [1.807, 2.05) is 29.6 Å². The normalized spacial score (nSPS) is 22.0. The Balaban J connectivity index is 1.30. The summed E-state index contributed by atoms with van der Waals surface area (Å²) in [5, 5.41) is 5.57. The summed E-state index contributed by atoms with van der Waals surface area (Å²) in [4.78, 5) is 40.2. The van der Waals surface area contributed by atoms with Gasteiger partial charge in [-0.25, -0.2) is 0 Å². The predicted octanol–water partition coefficient (Wildman–Crippen LogP) is 5.22. The zero-order valence-corrected chi connectivity index (χ0v) is 22.5. The zero-order valence-electron chi connectivity index (χ0n) is 21.0. The van der Waals surface area contributed by atoms with Crippen LogP contribution in [0, 0.1) is 0 Å². The van der Waals surface area contributed by atoms with Crippen LogP contribution in [0.2, 0.25) is 10.0 Å². The molecule has 2 aromatic heterocycles. The van der Waals surface area contributed by atoms with Crippen molar-refractivity contribution in [1.82, 2.24) is 29.5 Å². The topological polar surface area (TPSA) is 84.2 Å². The first kappa shape index (κ1) is 24.4. The Morgan fingerprint density at radius 1 is 1.08 bits per heavy atom. The molecule has 37 heavy (non-hydrogen) atoms. The van der Waals surface area contributed by atoms with Crippen LogP contribution in [0.15, 0.2) is 30.6 Å². The van der Waals surface area contributed by atoms with Crippen LogP contribution in [-0.4, -0.2) is 53.9 Å². The molecule has 0 saturated heterocycles. The number of carbonyl (C=O) groups excluding carboxylic acids is 2. The van der Waals surface area contributed by atoms with Crippen LogP contribution < -0.4 is 0 Å². The Kier molecular flexibility index (Phi) is 5.99. The molecule has 1 fully saturated rings. The van der Waals surface area contributed by atoms with Crippen LogP contribution in [0.3, 0.4) is 0 Å². The van der Waals surface area contributed by atoms with Crippen molar-refractivity contribution in [1.29, 1.82) is 0 Å². The molecule has 0 bridgehead atoms. The molecular weight excluding hydrogens is 511 g/mol. The first-order chi connectivity index (χ1) is 17.7. The summed E-state index contributed by atoms with van der Waals surface area (Å²) in [5.41, 5.74) is 4.52. The van der Waals surface area contributed by atoms with Crippen LogP contribution in [0.4, 0.5) is 0 Å². The van der Waals surface area contributed by atoms with Crippen molar-refractivity contribution >= 4 is 35.0 Å². The van der Waals surface area contributed by atoms with Gasteiger partial charge in [-0.1, -0.05) is 23.2 Å². The molecule has 1 aromatic carbocycles. The molecule has 4 heterocycles. The van der Waals surface area contributed by atoms with Crippen molar-refractivity contribution in [3.8, 4) is 0 Å². The number of aromatic nitrogens is 4. The number of hydrogen-bond donors (Lipinski definition) is 0. The van der Waals surface area contributed by atoms with E-state index in [4.69, 9.17) is 28.3 Å². The van der Waals surface area contributed by atoms with E-state index in [-0.39, 0.29) is 29.9 Å². The third-order valence-electron chi connectivity index (χ3n) is 7.79. The Bertz CT molecular complexity index is 1400. The SMILES string of the molecule is C[C@@H]1Cc2nn3c(c2CN1C(=O)c1ccc(Cl)c(Cl)c1)C(=O)N([C@@H](C)c1cnc(C2CC2)cn1)C[C@H]3C. The van der Waals surface area contributed by atoms with E-state index >= 15 is 0 Å². The minimum absolute atomic E-state index is 0.00558. The third kappa shape index (κ3) is 4.20. The largest absolute Gasteiger partial charge is 0.331 e. The van der Waals surface area contributed by atoms with Gasteiger partial charge in [0.2, 0.25) is 0 Å². The van der Waals surface area contributed by atoms with Crippen molar-refractivity contribution in [2.45, 2.75) is 70.6 Å². The lowest BCUT2D eigenvalue weighted by Gasteiger charge is -2.37. The molecule has 0 spiro atoms. The highest BCUT2D eigenvalue weighted by atomic mass is 35.5. The van der Waals surface area contributed by atoms with Crippen molar-refractivity contribution in [2.75, 3.05) is 6.54 Å². The van der Waals surface area contributed by atoms with Gasteiger partial charge >= 0.3 is 0 Å². The molecule has 0 N–H and O–H groups in total. The molecule has 2 aliphatic heterocycles. The minimum atomic E-state index is -0.230. The number of amides is 2. The molecule has 192 valence electrons. The fourth-order valence-electron chi connectivity index (χ4n) is 5.40. The summed E-state index contributed by atoms with van der Waals surface area (Å²) in [6.45, 7) is 6.90. The van der Waals surface area contributed by atoms with E-state index in [0.717, 1.165) is 22.6 Å².